The fourth-order valence-electron chi connectivity index (χ4n) is 5.15. The van der Waals surface area contributed by atoms with Gasteiger partial charge in [-0.1, -0.05) is 42.8 Å². The van der Waals surface area contributed by atoms with E-state index in [1.54, 1.807) is 7.11 Å². The molecule has 2 aromatic carbocycles. The zero-order chi connectivity index (χ0) is 24.5. The Bertz CT molecular complexity index is 1230. The molecule has 0 amide bonds. The predicted octanol–water partition coefficient (Wildman–Crippen LogP) is 6.49. The van der Waals surface area contributed by atoms with Crippen LogP contribution < -0.4 is 14.8 Å². The van der Waals surface area contributed by atoms with Crippen LogP contribution in [0.3, 0.4) is 0 Å². The van der Waals surface area contributed by atoms with E-state index in [0.29, 0.717) is 17.8 Å². The van der Waals surface area contributed by atoms with Gasteiger partial charge in [-0.05, 0) is 62.6 Å². The molecule has 2 aliphatic rings. The van der Waals surface area contributed by atoms with E-state index in [2.05, 4.69) is 73.3 Å². The normalized spacial score (nSPS) is 17.5. The minimum absolute atomic E-state index is 0.384. The molecule has 3 aromatic rings. The standard InChI is InChI=1S/C30H35N3O2/c1-18-6-8-23(9-7-18)29-30-24(20(3)17-35-30)14-26(33-29)25(22-10-11-22)16-32-15-21-12-19(2)28(31-4)27(13-21)34-5/h6-9,12-14,20,22,25,32H,4,10-11,15-17H2,1-3,5H3. The lowest BCUT2D eigenvalue weighted by atomic mass is 9.93. The predicted molar refractivity (Wildman–Crippen MR) is 142 cm³/mol. The molecule has 1 aromatic heterocycles. The number of hydrogen-bond acceptors (Lipinski definition) is 5. The summed E-state index contributed by atoms with van der Waals surface area (Å²) in [5.74, 6) is 3.18. The summed E-state index contributed by atoms with van der Waals surface area (Å²) in [5, 5.41) is 3.71. The van der Waals surface area contributed by atoms with Crippen LogP contribution in [0, 0.1) is 19.8 Å². The SMILES string of the molecule is C=Nc1c(C)cc(CNCC(c2cc3c(c(-c4ccc(C)cc4)n2)OCC3C)C2CC2)cc1OC. The van der Waals surface area contributed by atoms with Gasteiger partial charge >= 0.3 is 0 Å². The van der Waals surface area contributed by atoms with Crippen LogP contribution >= 0.6 is 0 Å². The smallest absolute Gasteiger partial charge is 0.149 e. The van der Waals surface area contributed by atoms with E-state index in [1.165, 1.54) is 35.2 Å². The van der Waals surface area contributed by atoms with Gasteiger partial charge in [0, 0.05) is 41.7 Å². The largest absolute Gasteiger partial charge is 0.494 e. The molecule has 0 saturated heterocycles. The van der Waals surface area contributed by atoms with Crippen LogP contribution in [0.25, 0.3) is 11.3 Å². The second kappa shape index (κ2) is 9.82. The van der Waals surface area contributed by atoms with E-state index < -0.39 is 0 Å². The van der Waals surface area contributed by atoms with Crippen LogP contribution in [-0.4, -0.2) is 32.0 Å². The molecule has 1 fully saturated rings. The van der Waals surface area contributed by atoms with Crippen molar-refractivity contribution in [2.75, 3.05) is 20.3 Å². The molecule has 5 heteroatoms. The summed E-state index contributed by atoms with van der Waals surface area (Å²) in [7, 11) is 1.68. The van der Waals surface area contributed by atoms with Crippen molar-refractivity contribution in [3.05, 3.63) is 70.4 Å². The van der Waals surface area contributed by atoms with Crippen LogP contribution in [0.4, 0.5) is 5.69 Å². The Morgan fingerprint density at radius 1 is 1.17 bits per heavy atom. The highest BCUT2D eigenvalue weighted by molar-refractivity contribution is 5.70. The van der Waals surface area contributed by atoms with Crippen molar-refractivity contribution in [2.24, 2.45) is 10.9 Å². The van der Waals surface area contributed by atoms with Gasteiger partial charge in [-0.3, -0.25) is 4.99 Å². The van der Waals surface area contributed by atoms with Gasteiger partial charge in [0.05, 0.1) is 13.7 Å². The van der Waals surface area contributed by atoms with Gasteiger partial charge in [-0.2, -0.15) is 0 Å². The Morgan fingerprint density at radius 3 is 2.63 bits per heavy atom. The number of aryl methyl sites for hydroxylation is 2. The Morgan fingerprint density at radius 2 is 1.94 bits per heavy atom. The van der Waals surface area contributed by atoms with E-state index in [-0.39, 0.29) is 0 Å². The Kier molecular flexibility index (Phi) is 6.61. The number of aliphatic imine (C=N–C) groups is 1. The van der Waals surface area contributed by atoms with Crippen LogP contribution in [-0.2, 0) is 6.54 Å². The highest BCUT2D eigenvalue weighted by atomic mass is 16.5. The zero-order valence-corrected chi connectivity index (χ0v) is 21.2. The quantitative estimate of drug-likeness (QED) is 0.364. The minimum Gasteiger partial charge on any atom is -0.494 e. The van der Waals surface area contributed by atoms with E-state index in [4.69, 9.17) is 14.5 Å². The van der Waals surface area contributed by atoms with Crippen LogP contribution in [0.2, 0.25) is 0 Å². The first kappa shape index (κ1) is 23.6. The maximum absolute atomic E-state index is 6.13. The second-order valence-electron chi connectivity index (χ2n) is 10.1. The topological polar surface area (TPSA) is 55.7 Å². The molecule has 5 rings (SSSR count). The Labute approximate surface area is 208 Å². The second-order valence-corrected chi connectivity index (χ2v) is 10.1. The fraction of sp³-hybridized carbons (Fsp3) is 0.400. The lowest BCUT2D eigenvalue weighted by Crippen LogP contribution is -2.23. The van der Waals surface area contributed by atoms with Crippen LogP contribution in [0.5, 0.6) is 11.5 Å². The molecule has 1 saturated carbocycles. The first-order chi connectivity index (χ1) is 17.0. The van der Waals surface area contributed by atoms with Crippen molar-refractivity contribution in [3.63, 3.8) is 0 Å². The van der Waals surface area contributed by atoms with E-state index in [1.807, 2.05) is 6.92 Å². The average molecular weight is 470 g/mol. The van der Waals surface area contributed by atoms with Crippen molar-refractivity contribution in [1.29, 1.82) is 0 Å². The van der Waals surface area contributed by atoms with Crippen molar-refractivity contribution in [3.8, 4) is 22.8 Å². The third-order valence-electron chi connectivity index (χ3n) is 7.32. The van der Waals surface area contributed by atoms with Gasteiger partial charge in [0.2, 0.25) is 0 Å². The molecule has 1 N–H and O–H groups in total. The summed E-state index contributed by atoms with van der Waals surface area (Å²) in [6, 6.07) is 15.2. The zero-order valence-electron chi connectivity index (χ0n) is 21.2. The van der Waals surface area contributed by atoms with Gasteiger partial charge in [0.1, 0.15) is 22.9 Å². The summed E-state index contributed by atoms with van der Waals surface area (Å²) in [6.07, 6.45) is 2.54. The number of aromatic nitrogens is 1. The van der Waals surface area contributed by atoms with Crippen LogP contribution in [0.15, 0.2) is 47.5 Å². The maximum atomic E-state index is 6.13. The lowest BCUT2D eigenvalue weighted by Gasteiger charge is -2.20. The van der Waals surface area contributed by atoms with Gasteiger partial charge in [-0.15, -0.1) is 0 Å². The summed E-state index contributed by atoms with van der Waals surface area (Å²) in [5.41, 5.74) is 8.92. The number of benzene rings is 2. The summed E-state index contributed by atoms with van der Waals surface area (Å²) >= 11 is 0. The van der Waals surface area contributed by atoms with E-state index >= 15 is 0 Å². The van der Waals surface area contributed by atoms with Gasteiger partial charge in [0.15, 0.2) is 0 Å². The van der Waals surface area contributed by atoms with Crippen molar-refractivity contribution in [1.82, 2.24) is 10.3 Å². The van der Waals surface area contributed by atoms with Gasteiger partial charge in [-0.25, -0.2) is 4.98 Å². The number of rotatable bonds is 9. The van der Waals surface area contributed by atoms with Crippen molar-refractivity contribution < 1.29 is 9.47 Å². The number of fused-ring (bicyclic) bond motifs is 1. The molecule has 0 spiro atoms. The number of pyridine rings is 1. The molecule has 182 valence electrons. The molecule has 35 heavy (non-hydrogen) atoms. The first-order valence-corrected chi connectivity index (χ1v) is 12.6. The van der Waals surface area contributed by atoms with Crippen LogP contribution in [0.1, 0.15) is 59.5 Å². The maximum Gasteiger partial charge on any atom is 0.149 e. The molecule has 0 bridgehead atoms. The average Bonchev–Trinajstić information content (AvgIpc) is 3.63. The molecule has 1 aliphatic carbocycles. The third-order valence-corrected chi connectivity index (χ3v) is 7.32. The molecule has 0 radical (unpaired) electrons. The van der Waals surface area contributed by atoms with Gasteiger partial charge in [0.25, 0.3) is 0 Å². The van der Waals surface area contributed by atoms with Crippen molar-refractivity contribution >= 4 is 12.4 Å². The molecule has 2 unspecified atom stereocenters. The molecule has 1 aliphatic heterocycles. The highest BCUT2D eigenvalue weighted by Gasteiger charge is 2.35. The summed E-state index contributed by atoms with van der Waals surface area (Å²) in [6.45, 7) is 12.5. The van der Waals surface area contributed by atoms with Crippen molar-refractivity contribution in [2.45, 2.75) is 52.0 Å². The lowest BCUT2D eigenvalue weighted by molar-refractivity contribution is 0.337. The Hall–Kier alpha value is -3.18. The third kappa shape index (κ3) is 4.83. The molecular weight excluding hydrogens is 434 g/mol. The summed E-state index contributed by atoms with van der Waals surface area (Å²) < 4.78 is 11.7. The Balaban J connectivity index is 1.40. The monoisotopic (exact) mass is 469 g/mol. The minimum atomic E-state index is 0.384. The number of nitrogens with one attached hydrogen (secondary N) is 1. The van der Waals surface area contributed by atoms with Gasteiger partial charge < -0.3 is 14.8 Å². The van der Waals surface area contributed by atoms with E-state index in [0.717, 1.165) is 53.7 Å². The first-order valence-electron chi connectivity index (χ1n) is 12.6. The number of ether oxygens (including phenoxy) is 2. The highest BCUT2D eigenvalue weighted by Crippen LogP contribution is 2.46. The summed E-state index contributed by atoms with van der Waals surface area (Å²) in [4.78, 5) is 9.35. The number of hydrogen-bond donors (Lipinski definition) is 1. The number of methoxy groups -OCH3 is 1. The fourth-order valence-corrected chi connectivity index (χ4v) is 5.15. The number of nitrogens with zero attached hydrogens (tertiary/aromatic N) is 2. The molecule has 2 heterocycles. The molecule has 5 nitrogen and oxygen atoms in total. The molecular formula is C30H35N3O2. The van der Waals surface area contributed by atoms with E-state index in [9.17, 15) is 0 Å². The molecule has 2 atom stereocenters.